The first-order valence-electron chi connectivity index (χ1n) is 6.15. The Balaban J connectivity index is 1.73. The maximum atomic E-state index is 13.7. The molecule has 100 valence electrons. The molecule has 19 heavy (non-hydrogen) atoms. The second-order valence-electron chi connectivity index (χ2n) is 4.33. The van der Waals surface area contributed by atoms with Crippen molar-refractivity contribution in [3.63, 3.8) is 0 Å². The summed E-state index contributed by atoms with van der Waals surface area (Å²) < 4.78 is 14.7. The molecule has 1 atom stereocenters. The molecule has 2 heterocycles. The number of para-hydroxylation sites is 1. The summed E-state index contributed by atoms with van der Waals surface area (Å²) in [5.74, 6) is 0.652. The molecule has 2 aliphatic rings. The Labute approximate surface area is 119 Å². The molecule has 0 radical (unpaired) electrons. The molecule has 1 aromatic carbocycles. The van der Waals surface area contributed by atoms with Gasteiger partial charge in [-0.15, -0.1) is 0 Å². The van der Waals surface area contributed by atoms with Gasteiger partial charge in [-0.25, -0.2) is 4.39 Å². The third-order valence-electron chi connectivity index (χ3n) is 3.10. The number of benzene rings is 1. The molecule has 0 bridgehead atoms. The average Bonchev–Trinajstić information content (AvgIpc) is 3.03. The van der Waals surface area contributed by atoms with Gasteiger partial charge in [-0.05, 0) is 18.6 Å². The molecule has 1 fully saturated rings. The second kappa shape index (κ2) is 5.54. The van der Waals surface area contributed by atoms with Crippen molar-refractivity contribution in [2.75, 3.05) is 23.7 Å². The summed E-state index contributed by atoms with van der Waals surface area (Å²) in [6.45, 7) is 1.42. The third kappa shape index (κ3) is 2.65. The molecule has 1 aromatic rings. The molecule has 0 spiro atoms. The van der Waals surface area contributed by atoms with Crippen molar-refractivity contribution >= 4 is 39.5 Å². The van der Waals surface area contributed by atoms with Crippen molar-refractivity contribution in [2.45, 2.75) is 11.7 Å². The van der Waals surface area contributed by atoms with E-state index < -0.39 is 0 Å². The van der Waals surface area contributed by atoms with Crippen LogP contribution in [0.15, 0.2) is 29.3 Å². The zero-order valence-electron chi connectivity index (χ0n) is 10.2. The summed E-state index contributed by atoms with van der Waals surface area (Å²) >= 11 is 3.23. The van der Waals surface area contributed by atoms with Crippen molar-refractivity contribution in [2.24, 2.45) is 4.99 Å². The Bertz CT molecular complexity index is 535. The first-order valence-corrected chi connectivity index (χ1v) is 8.02. The zero-order chi connectivity index (χ0) is 13.2. The summed E-state index contributed by atoms with van der Waals surface area (Å²) in [7, 11) is 0. The second-order valence-corrected chi connectivity index (χ2v) is 6.87. The summed E-state index contributed by atoms with van der Waals surface area (Å²) in [6.07, 6.45) is 0.747. The Morgan fingerprint density at radius 3 is 3.00 bits per heavy atom. The van der Waals surface area contributed by atoms with Gasteiger partial charge in [0, 0.05) is 12.3 Å². The van der Waals surface area contributed by atoms with Gasteiger partial charge in [0.05, 0.1) is 17.5 Å². The first-order chi connectivity index (χ1) is 9.25. The standard InChI is InChI=1S/C13H13FN2OS2/c14-9-3-1-2-4-10(9)16-7-5-11(12(16)17)19-13-15-6-8-18-13/h1-4,11H,5-8H2. The molecule has 1 saturated heterocycles. The van der Waals surface area contributed by atoms with Gasteiger partial charge < -0.3 is 4.90 Å². The van der Waals surface area contributed by atoms with Crippen molar-refractivity contribution in [3.05, 3.63) is 30.1 Å². The van der Waals surface area contributed by atoms with Crippen LogP contribution < -0.4 is 4.90 Å². The first kappa shape index (κ1) is 13.0. The largest absolute Gasteiger partial charge is 0.309 e. The fourth-order valence-electron chi connectivity index (χ4n) is 2.18. The topological polar surface area (TPSA) is 32.7 Å². The van der Waals surface area contributed by atoms with Crippen molar-refractivity contribution in [1.82, 2.24) is 0 Å². The number of hydrogen-bond acceptors (Lipinski definition) is 4. The molecule has 0 saturated carbocycles. The minimum Gasteiger partial charge on any atom is -0.309 e. The van der Waals surface area contributed by atoms with Crippen LogP contribution in [0.2, 0.25) is 0 Å². The SMILES string of the molecule is O=C1C(SC2=NCCS2)CCN1c1ccccc1F. The molecule has 0 N–H and O–H groups in total. The molecule has 3 rings (SSSR count). The normalized spacial score (nSPS) is 23.0. The maximum Gasteiger partial charge on any atom is 0.240 e. The van der Waals surface area contributed by atoms with Gasteiger partial charge >= 0.3 is 0 Å². The Morgan fingerprint density at radius 1 is 1.42 bits per heavy atom. The van der Waals surface area contributed by atoms with Crippen LogP contribution in [0.3, 0.4) is 0 Å². The monoisotopic (exact) mass is 296 g/mol. The van der Waals surface area contributed by atoms with Crippen LogP contribution in [-0.2, 0) is 4.79 Å². The van der Waals surface area contributed by atoms with Gasteiger partial charge in [0.2, 0.25) is 5.91 Å². The van der Waals surface area contributed by atoms with E-state index in [-0.39, 0.29) is 17.0 Å². The van der Waals surface area contributed by atoms with Crippen molar-refractivity contribution < 1.29 is 9.18 Å². The highest BCUT2D eigenvalue weighted by atomic mass is 32.2. The molecule has 1 amide bonds. The van der Waals surface area contributed by atoms with Crippen LogP contribution in [0.1, 0.15) is 6.42 Å². The lowest BCUT2D eigenvalue weighted by Crippen LogP contribution is -2.29. The quantitative estimate of drug-likeness (QED) is 0.841. The van der Waals surface area contributed by atoms with Crippen LogP contribution in [-0.4, -0.2) is 34.4 Å². The highest BCUT2D eigenvalue weighted by molar-refractivity contribution is 8.39. The molecule has 2 aliphatic heterocycles. The lowest BCUT2D eigenvalue weighted by molar-refractivity contribution is -0.116. The van der Waals surface area contributed by atoms with Crippen molar-refractivity contribution in [3.8, 4) is 0 Å². The van der Waals surface area contributed by atoms with Crippen LogP contribution in [0, 0.1) is 5.82 Å². The van der Waals surface area contributed by atoms with Gasteiger partial charge in [-0.3, -0.25) is 9.79 Å². The summed E-state index contributed by atoms with van der Waals surface area (Å²) in [5, 5.41) is -0.121. The van der Waals surface area contributed by atoms with E-state index in [0.717, 1.165) is 23.1 Å². The van der Waals surface area contributed by atoms with Gasteiger partial charge in [0.25, 0.3) is 0 Å². The number of anilines is 1. The number of aliphatic imine (C=N–C) groups is 1. The highest BCUT2D eigenvalue weighted by Gasteiger charge is 2.35. The van der Waals surface area contributed by atoms with Crippen LogP contribution >= 0.6 is 23.5 Å². The van der Waals surface area contributed by atoms with E-state index in [4.69, 9.17) is 0 Å². The molecule has 0 aromatic heterocycles. The molecule has 3 nitrogen and oxygen atoms in total. The number of amides is 1. The lowest BCUT2D eigenvalue weighted by Gasteiger charge is -2.17. The average molecular weight is 296 g/mol. The van der Waals surface area contributed by atoms with E-state index in [1.807, 2.05) is 0 Å². The predicted octanol–water partition coefficient (Wildman–Crippen LogP) is 2.77. The van der Waals surface area contributed by atoms with E-state index in [9.17, 15) is 9.18 Å². The van der Waals surface area contributed by atoms with Crippen LogP contribution in [0.5, 0.6) is 0 Å². The Kier molecular flexibility index (Phi) is 3.79. The highest BCUT2D eigenvalue weighted by Crippen LogP contribution is 2.34. The molecular weight excluding hydrogens is 283 g/mol. The number of halogens is 1. The van der Waals surface area contributed by atoms with Gasteiger partial charge in [-0.1, -0.05) is 35.7 Å². The number of nitrogens with zero attached hydrogens (tertiary/aromatic N) is 2. The number of carbonyl (C=O) groups excluding carboxylic acids is 1. The molecular formula is C13H13FN2OS2. The zero-order valence-corrected chi connectivity index (χ0v) is 11.8. The van der Waals surface area contributed by atoms with Gasteiger partial charge in [0.15, 0.2) is 0 Å². The summed E-state index contributed by atoms with van der Waals surface area (Å²) in [4.78, 5) is 18.2. The van der Waals surface area contributed by atoms with E-state index >= 15 is 0 Å². The number of thioether (sulfide) groups is 2. The van der Waals surface area contributed by atoms with Crippen LogP contribution in [0.25, 0.3) is 0 Å². The number of hydrogen-bond donors (Lipinski definition) is 0. The van der Waals surface area contributed by atoms with Crippen LogP contribution in [0.4, 0.5) is 10.1 Å². The Morgan fingerprint density at radius 2 is 2.26 bits per heavy atom. The van der Waals surface area contributed by atoms with Gasteiger partial charge in [-0.2, -0.15) is 0 Å². The van der Waals surface area contributed by atoms with E-state index in [2.05, 4.69) is 4.99 Å². The predicted molar refractivity (Wildman–Crippen MR) is 79.5 cm³/mol. The fourth-order valence-corrected chi connectivity index (χ4v) is 4.45. The summed E-state index contributed by atoms with van der Waals surface area (Å²) in [5.41, 5.74) is 0.386. The van der Waals surface area contributed by atoms with E-state index in [1.165, 1.54) is 17.8 Å². The lowest BCUT2D eigenvalue weighted by atomic mass is 10.3. The Hall–Kier alpha value is -1.01. The van der Waals surface area contributed by atoms with Gasteiger partial charge in [0.1, 0.15) is 10.2 Å². The molecule has 1 unspecified atom stereocenters. The summed E-state index contributed by atoms with van der Waals surface area (Å²) in [6, 6.07) is 6.43. The van der Waals surface area contributed by atoms with E-state index in [1.54, 1.807) is 34.9 Å². The van der Waals surface area contributed by atoms with Crippen molar-refractivity contribution in [1.29, 1.82) is 0 Å². The minimum atomic E-state index is -0.339. The maximum absolute atomic E-state index is 13.7. The van der Waals surface area contributed by atoms with E-state index in [0.29, 0.717) is 12.2 Å². The number of rotatable bonds is 2. The molecule has 6 heteroatoms. The molecule has 0 aliphatic carbocycles. The smallest absolute Gasteiger partial charge is 0.240 e. The number of carbonyl (C=O) groups is 1. The third-order valence-corrected chi connectivity index (χ3v) is 5.56. The minimum absolute atomic E-state index is 0.00898. The fraction of sp³-hybridized carbons (Fsp3) is 0.385.